The summed E-state index contributed by atoms with van der Waals surface area (Å²) in [5, 5.41) is 0. The molecule has 2 fully saturated rings. The highest BCUT2D eigenvalue weighted by Crippen LogP contribution is 2.63. The molecule has 3 aliphatic rings. The van der Waals surface area contributed by atoms with E-state index >= 15 is 0 Å². The summed E-state index contributed by atoms with van der Waals surface area (Å²) in [6, 6.07) is 0. The van der Waals surface area contributed by atoms with Crippen LogP contribution in [-0.2, 0) is 4.79 Å². The summed E-state index contributed by atoms with van der Waals surface area (Å²) in [5.74, 6) is 2.09. The van der Waals surface area contributed by atoms with E-state index in [9.17, 15) is 4.79 Å². The van der Waals surface area contributed by atoms with Gasteiger partial charge in [0.25, 0.3) is 0 Å². The monoisotopic (exact) mass is 176 g/mol. The summed E-state index contributed by atoms with van der Waals surface area (Å²) in [6.07, 6.45) is 7.99. The van der Waals surface area contributed by atoms with E-state index in [2.05, 4.69) is 6.92 Å². The molecule has 3 unspecified atom stereocenters. The molecule has 1 nitrogen and oxygen atoms in total. The molecular weight excluding hydrogens is 160 g/mol. The zero-order valence-corrected chi connectivity index (χ0v) is 8.18. The van der Waals surface area contributed by atoms with Crippen LogP contribution in [0.15, 0.2) is 11.6 Å². The molecule has 13 heavy (non-hydrogen) atoms. The molecule has 0 radical (unpaired) electrons. The fourth-order valence-electron chi connectivity index (χ4n) is 4.04. The first-order valence-electron chi connectivity index (χ1n) is 5.46. The van der Waals surface area contributed by atoms with Gasteiger partial charge in [0.15, 0.2) is 5.78 Å². The van der Waals surface area contributed by atoms with E-state index in [4.69, 9.17) is 0 Å². The van der Waals surface area contributed by atoms with Crippen LogP contribution in [0.4, 0.5) is 0 Å². The van der Waals surface area contributed by atoms with Crippen molar-refractivity contribution in [1.82, 2.24) is 0 Å². The van der Waals surface area contributed by atoms with E-state index in [0.29, 0.717) is 11.2 Å². The van der Waals surface area contributed by atoms with E-state index in [1.54, 1.807) is 0 Å². The highest BCUT2D eigenvalue weighted by atomic mass is 16.1. The van der Waals surface area contributed by atoms with Crippen LogP contribution in [0.2, 0.25) is 0 Å². The van der Waals surface area contributed by atoms with Crippen molar-refractivity contribution in [3.05, 3.63) is 11.6 Å². The maximum Gasteiger partial charge on any atom is 0.156 e. The van der Waals surface area contributed by atoms with Crippen LogP contribution < -0.4 is 0 Å². The molecule has 2 saturated carbocycles. The molecule has 3 aliphatic carbocycles. The predicted octanol–water partition coefficient (Wildman–Crippen LogP) is 2.71. The van der Waals surface area contributed by atoms with Crippen molar-refractivity contribution in [2.24, 2.45) is 17.3 Å². The number of hydrogen-bond acceptors (Lipinski definition) is 1. The Hall–Kier alpha value is -0.590. The molecule has 1 heteroatoms. The SMILES string of the molecule is CC1CCC23CC(=O)C=C2CCC13. The molecule has 0 heterocycles. The van der Waals surface area contributed by atoms with Gasteiger partial charge in [0.05, 0.1) is 0 Å². The molecule has 1 spiro atoms. The van der Waals surface area contributed by atoms with Crippen molar-refractivity contribution in [1.29, 1.82) is 0 Å². The van der Waals surface area contributed by atoms with E-state index < -0.39 is 0 Å². The zero-order valence-electron chi connectivity index (χ0n) is 8.18. The molecule has 0 N–H and O–H groups in total. The van der Waals surface area contributed by atoms with Crippen LogP contribution in [0.3, 0.4) is 0 Å². The lowest BCUT2D eigenvalue weighted by Gasteiger charge is -2.27. The molecule has 0 aromatic heterocycles. The van der Waals surface area contributed by atoms with Crippen molar-refractivity contribution < 1.29 is 4.79 Å². The normalized spacial score (nSPS) is 47.8. The Balaban J connectivity index is 2.06. The number of hydrogen-bond donors (Lipinski definition) is 0. The summed E-state index contributed by atoms with van der Waals surface area (Å²) in [5.41, 5.74) is 1.88. The maximum atomic E-state index is 11.4. The van der Waals surface area contributed by atoms with Gasteiger partial charge in [-0.2, -0.15) is 0 Å². The summed E-state index contributed by atoms with van der Waals surface area (Å²) >= 11 is 0. The molecule has 0 amide bonds. The first-order chi connectivity index (χ1) is 6.22. The van der Waals surface area contributed by atoms with Crippen LogP contribution >= 0.6 is 0 Å². The van der Waals surface area contributed by atoms with Gasteiger partial charge in [0.1, 0.15) is 0 Å². The first-order valence-corrected chi connectivity index (χ1v) is 5.46. The lowest BCUT2D eigenvalue weighted by Crippen LogP contribution is -2.22. The predicted molar refractivity (Wildman–Crippen MR) is 51.3 cm³/mol. The zero-order chi connectivity index (χ0) is 9.05. The van der Waals surface area contributed by atoms with E-state index in [1.807, 2.05) is 6.08 Å². The van der Waals surface area contributed by atoms with Crippen molar-refractivity contribution in [2.45, 2.75) is 39.0 Å². The number of allylic oxidation sites excluding steroid dienone is 2. The second-order valence-corrected chi connectivity index (χ2v) is 5.13. The third-order valence-electron chi connectivity index (χ3n) is 4.63. The van der Waals surface area contributed by atoms with E-state index in [-0.39, 0.29) is 0 Å². The number of ketones is 1. The molecule has 70 valence electrons. The average molecular weight is 176 g/mol. The van der Waals surface area contributed by atoms with Gasteiger partial charge in [0.2, 0.25) is 0 Å². The molecule has 0 saturated heterocycles. The highest BCUT2D eigenvalue weighted by Gasteiger charge is 2.55. The second-order valence-electron chi connectivity index (χ2n) is 5.13. The van der Waals surface area contributed by atoms with Gasteiger partial charge >= 0.3 is 0 Å². The van der Waals surface area contributed by atoms with Crippen molar-refractivity contribution >= 4 is 5.78 Å². The molecule has 3 rings (SSSR count). The summed E-state index contributed by atoms with van der Waals surface area (Å²) in [7, 11) is 0. The van der Waals surface area contributed by atoms with Crippen LogP contribution in [0, 0.1) is 17.3 Å². The van der Waals surface area contributed by atoms with Gasteiger partial charge in [-0.3, -0.25) is 4.79 Å². The average Bonchev–Trinajstić information content (AvgIpc) is 2.62. The lowest BCUT2D eigenvalue weighted by molar-refractivity contribution is -0.115. The Morgan fingerprint density at radius 2 is 2.31 bits per heavy atom. The molecule has 0 bridgehead atoms. The third kappa shape index (κ3) is 0.806. The summed E-state index contributed by atoms with van der Waals surface area (Å²) in [6.45, 7) is 2.37. The fraction of sp³-hybridized carbons (Fsp3) is 0.750. The fourth-order valence-corrected chi connectivity index (χ4v) is 4.04. The number of carbonyl (C=O) groups excluding carboxylic acids is 1. The largest absolute Gasteiger partial charge is 0.295 e. The first kappa shape index (κ1) is 7.78. The van der Waals surface area contributed by atoms with Gasteiger partial charge in [-0.15, -0.1) is 0 Å². The van der Waals surface area contributed by atoms with Crippen molar-refractivity contribution in [3.8, 4) is 0 Å². The Labute approximate surface area is 79.2 Å². The number of carbonyl (C=O) groups is 1. The van der Waals surface area contributed by atoms with Crippen LogP contribution in [-0.4, -0.2) is 5.78 Å². The Bertz CT molecular complexity index is 302. The number of rotatable bonds is 0. The van der Waals surface area contributed by atoms with E-state index in [0.717, 1.165) is 18.3 Å². The minimum Gasteiger partial charge on any atom is -0.295 e. The maximum absolute atomic E-state index is 11.4. The van der Waals surface area contributed by atoms with Gasteiger partial charge in [-0.05, 0) is 43.6 Å². The van der Waals surface area contributed by atoms with Crippen LogP contribution in [0.5, 0.6) is 0 Å². The third-order valence-corrected chi connectivity index (χ3v) is 4.63. The minimum absolute atomic E-state index is 0.372. The Kier molecular flexibility index (Phi) is 1.35. The molecular formula is C12H16O. The minimum atomic E-state index is 0.372. The molecule has 0 aromatic rings. The smallest absolute Gasteiger partial charge is 0.156 e. The molecule has 0 aliphatic heterocycles. The summed E-state index contributed by atoms with van der Waals surface area (Å²) in [4.78, 5) is 11.4. The van der Waals surface area contributed by atoms with Crippen LogP contribution in [0.25, 0.3) is 0 Å². The van der Waals surface area contributed by atoms with Crippen molar-refractivity contribution in [2.75, 3.05) is 0 Å². The van der Waals surface area contributed by atoms with E-state index in [1.165, 1.54) is 31.3 Å². The lowest BCUT2D eigenvalue weighted by atomic mass is 9.76. The Morgan fingerprint density at radius 1 is 1.46 bits per heavy atom. The molecule has 0 aromatic carbocycles. The standard InChI is InChI=1S/C12H16O/c1-8-4-5-12-7-10(13)6-9(12)2-3-11(8)12/h6,8,11H,2-5,7H2,1H3. The van der Waals surface area contributed by atoms with Crippen molar-refractivity contribution in [3.63, 3.8) is 0 Å². The Morgan fingerprint density at radius 3 is 3.15 bits per heavy atom. The van der Waals surface area contributed by atoms with Gasteiger partial charge in [-0.25, -0.2) is 0 Å². The quantitative estimate of drug-likeness (QED) is 0.554. The van der Waals surface area contributed by atoms with Gasteiger partial charge in [0, 0.05) is 11.8 Å². The van der Waals surface area contributed by atoms with Crippen LogP contribution in [0.1, 0.15) is 39.0 Å². The van der Waals surface area contributed by atoms with Gasteiger partial charge < -0.3 is 0 Å². The molecule has 3 atom stereocenters. The van der Waals surface area contributed by atoms with Gasteiger partial charge in [-0.1, -0.05) is 12.5 Å². The topological polar surface area (TPSA) is 17.1 Å². The highest BCUT2D eigenvalue weighted by molar-refractivity contribution is 5.94. The second kappa shape index (κ2) is 2.26. The summed E-state index contributed by atoms with van der Waals surface area (Å²) < 4.78 is 0.